The zero-order valence-electron chi connectivity index (χ0n) is 13.5. The van der Waals surface area contributed by atoms with Gasteiger partial charge in [0.15, 0.2) is 0 Å². The summed E-state index contributed by atoms with van der Waals surface area (Å²) in [5.41, 5.74) is 1.80. The summed E-state index contributed by atoms with van der Waals surface area (Å²) in [6.07, 6.45) is 6.08. The van der Waals surface area contributed by atoms with Crippen LogP contribution in [0.5, 0.6) is 0 Å². The van der Waals surface area contributed by atoms with Crippen molar-refractivity contribution in [1.29, 1.82) is 0 Å². The topological polar surface area (TPSA) is 41.3 Å². The van der Waals surface area contributed by atoms with E-state index < -0.39 is 5.60 Å². The summed E-state index contributed by atoms with van der Waals surface area (Å²) in [6.45, 7) is 3.55. The van der Waals surface area contributed by atoms with Crippen LogP contribution >= 0.6 is 0 Å². The van der Waals surface area contributed by atoms with Crippen LogP contribution in [-0.4, -0.2) is 38.8 Å². The highest BCUT2D eigenvalue weighted by molar-refractivity contribution is 5.35. The normalized spacial score (nSPS) is 17.3. The first kappa shape index (κ1) is 15.3. The van der Waals surface area contributed by atoms with Crippen LogP contribution in [0.25, 0.3) is 5.69 Å². The van der Waals surface area contributed by atoms with Crippen molar-refractivity contribution in [2.24, 2.45) is 0 Å². The lowest BCUT2D eigenvalue weighted by atomic mass is 10.0. The van der Waals surface area contributed by atoms with Gasteiger partial charge >= 0.3 is 0 Å². The smallest absolute Gasteiger partial charge is 0.110 e. The summed E-state index contributed by atoms with van der Waals surface area (Å²) in [6, 6.07) is 10.3. The molecule has 1 aromatic carbocycles. The van der Waals surface area contributed by atoms with Gasteiger partial charge in [-0.05, 0) is 38.9 Å². The summed E-state index contributed by atoms with van der Waals surface area (Å²) < 4.78 is 2.19. The lowest BCUT2D eigenvalue weighted by Gasteiger charge is -2.28. The quantitative estimate of drug-likeness (QED) is 0.923. The van der Waals surface area contributed by atoms with Crippen molar-refractivity contribution in [3.8, 4) is 5.69 Å². The molecule has 1 heterocycles. The van der Waals surface area contributed by atoms with E-state index in [-0.39, 0.29) is 0 Å². The second kappa shape index (κ2) is 6.23. The molecule has 0 aliphatic heterocycles. The van der Waals surface area contributed by atoms with Crippen molar-refractivity contribution in [3.05, 3.63) is 48.0 Å². The summed E-state index contributed by atoms with van der Waals surface area (Å²) in [7, 11) is 2.08. The van der Waals surface area contributed by atoms with Crippen LogP contribution in [0.2, 0.25) is 0 Å². The van der Waals surface area contributed by atoms with Gasteiger partial charge in [0.2, 0.25) is 0 Å². The van der Waals surface area contributed by atoms with E-state index >= 15 is 0 Å². The minimum absolute atomic E-state index is 0.499. The summed E-state index contributed by atoms with van der Waals surface area (Å²) in [4.78, 5) is 6.68. The van der Waals surface area contributed by atoms with E-state index in [9.17, 15) is 5.11 Å². The van der Waals surface area contributed by atoms with E-state index in [1.165, 1.54) is 0 Å². The maximum Gasteiger partial charge on any atom is 0.110 e. The molecule has 1 aromatic heterocycles. The van der Waals surface area contributed by atoms with Crippen LogP contribution < -0.4 is 0 Å². The number of aryl methyl sites for hydroxylation is 1. The molecule has 0 saturated heterocycles. The predicted octanol–water partition coefficient (Wildman–Crippen LogP) is 2.92. The Balaban J connectivity index is 1.76. The molecule has 1 N–H and O–H groups in total. The zero-order valence-corrected chi connectivity index (χ0v) is 13.5. The average molecular weight is 299 g/mol. The highest BCUT2D eigenvalue weighted by Gasteiger charge is 2.32. The van der Waals surface area contributed by atoms with Gasteiger partial charge in [0.25, 0.3) is 0 Å². The Morgan fingerprint density at radius 2 is 1.91 bits per heavy atom. The third kappa shape index (κ3) is 3.23. The minimum atomic E-state index is -0.499. The van der Waals surface area contributed by atoms with E-state index in [0.717, 1.165) is 56.0 Å². The van der Waals surface area contributed by atoms with Crippen molar-refractivity contribution in [3.63, 3.8) is 0 Å². The first-order valence-electron chi connectivity index (χ1n) is 8.07. The van der Waals surface area contributed by atoms with E-state index in [1.54, 1.807) is 0 Å². The van der Waals surface area contributed by atoms with Crippen LogP contribution in [0.15, 0.2) is 36.5 Å². The fraction of sp³-hybridized carbons (Fsp3) is 0.500. The summed E-state index contributed by atoms with van der Waals surface area (Å²) >= 11 is 0. The summed E-state index contributed by atoms with van der Waals surface area (Å²) in [5.74, 6) is 0.995. The molecule has 4 nitrogen and oxygen atoms in total. The van der Waals surface area contributed by atoms with Crippen molar-refractivity contribution in [2.75, 3.05) is 13.6 Å². The molecule has 0 unspecified atom stereocenters. The second-order valence-corrected chi connectivity index (χ2v) is 6.57. The zero-order chi connectivity index (χ0) is 15.6. The first-order valence-corrected chi connectivity index (χ1v) is 8.07. The molecule has 0 radical (unpaired) electrons. The molecule has 1 aliphatic rings. The second-order valence-electron chi connectivity index (χ2n) is 6.57. The molecule has 0 spiro atoms. The Bertz CT molecular complexity index is 615. The SMILES string of the molecule is Cc1ncc(CN(C)CC2(O)CCCC2)n1-c1ccccc1. The molecule has 0 bridgehead atoms. The van der Waals surface area contributed by atoms with Gasteiger partial charge in [-0.25, -0.2) is 4.98 Å². The fourth-order valence-corrected chi connectivity index (χ4v) is 3.56. The Labute approximate surface area is 132 Å². The number of aromatic nitrogens is 2. The number of imidazole rings is 1. The molecule has 3 rings (SSSR count). The van der Waals surface area contributed by atoms with Crippen molar-refractivity contribution >= 4 is 0 Å². The Morgan fingerprint density at radius 1 is 1.23 bits per heavy atom. The molecule has 1 aliphatic carbocycles. The molecule has 0 amide bonds. The lowest BCUT2D eigenvalue weighted by Crippen LogP contribution is -2.39. The van der Waals surface area contributed by atoms with Gasteiger partial charge in [-0.2, -0.15) is 0 Å². The Morgan fingerprint density at radius 3 is 2.59 bits per heavy atom. The molecule has 4 heteroatoms. The monoisotopic (exact) mass is 299 g/mol. The van der Waals surface area contributed by atoms with Crippen molar-refractivity contribution in [1.82, 2.24) is 14.5 Å². The van der Waals surface area contributed by atoms with Crippen LogP contribution in [0.4, 0.5) is 0 Å². The van der Waals surface area contributed by atoms with E-state index in [4.69, 9.17) is 0 Å². The highest BCUT2D eigenvalue weighted by Crippen LogP contribution is 2.30. The fourth-order valence-electron chi connectivity index (χ4n) is 3.56. The molecule has 118 valence electrons. The van der Waals surface area contributed by atoms with Crippen LogP contribution in [0, 0.1) is 6.92 Å². The van der Waals surface area contributed by atoms with Gasteiger partial charge in [-0.1, -0.05) is 31.0 Å². The number of rotatable bonds is 5. The van der Waals surface area contributed by atoms with Gasteiger partial charge < -0.3 is 5.11 Å². The highest BCUT2D eigenvalue weighted by atomic mass is 16.3. The maximum absolute atomic E-state index is 10.6. The van der Waals surface area contributed by atoms with E-state index in [1.807, 2.05) is 31.3 Å². The Hall–Kier alpha value is -1.65. The van der Waals surface area contributed by atoms with Gasteiger partial charge in [-0.3, -0.25) is 9.47 Å². The van der Waals surface area contributed by atoms with Gasteiger partial charge in [0.05, 0.1) is 17.5 Å². The van der Waals surface area contributed by atoms with Crippen LogP contribution in [0.1, 0.15) is 37.2 Å². The number of hydrogen-bond acceptors (Lipinski definition) is 3. The standard InChI is InChI=1S/C18H25N3O/c1-15-19-12-17(21(15)16-8-4-3-5-9-16)13-20(2)14-18(22)10-6-7-11-18/h3-5,8-9,12,22H,6-7,10-11,13-14H2,1-2H3. The number of hydrogen-bond donors (Lipinski definition) is 1. The molecule has 2 aromatic rings. The number of nitrogens with zero attached hydrogens (tertiary/aromatic N) is 3. The third-order valence-corrected chi connectivity index (χ3v) is 4.56. The minimum Gasteiger partial charge on any atom is -0.389 e. The molecule has 22 heavy (non-hydrogen) atoms. The van der Waals surface area contributed by atoms with E-state index in [2.05, 4.69) is 33.6 Å². The van der Waals surface area contributed by atoms with Crippen LogP contribution in [-0.2, 0) is 6.54 Å². The number of likely N-dealkylation sites (N-methyl/N-ethyl adjacent to an activating group) is 1. The maximum atomic E-state index is 10.6. The predicted molar refractivity (Wildman–Crippen MR) is 88.1 cm³/mol. The molecular weight excluding hydrogens is 274 g/mol. The third-order valence-electron chi connectivity index (χ3n) is 4.56. The molecular formula is C18H25N3O. The number of aliphatic hydroxyl groups is 1. The Kier molecular flexibility index (Phi) is 4.32. The molecule has 1 saturated carbocycles. The van der Waals surface area contributed by atoms with Gasteiger partial charge in [-0.15, -0.1) is 0 Å². The van der Waals surface area contributed by atoms with Crippen molar-refractivity contribution in [2.45, 2.75) is 44.8 Å². The lowest BCUT2D eigenvalue weighted by molar-refractivity contribution is 0.0141. The van der Waals surface area contributed by atoms with Crippen molar-refractivity contribution < 1.29 is 5.11 Å². The number of para-hydroxylation sites is 1. The van der Waals surface area contributed by atoms with Gasteiger partial charge in [0, 0.05) is 18.8 Å². The van der Waals surface area contributed by atoms with Gasteiger partial charge in [0.1, 0.15) is 5.82 Å². The van der Waals surface area contributed by atoms with Crippen LogP contribution in [0.3, 0.4) is 0 Å². The molecule has 1 fully saturated rings. The average Bonchev–Trinajstić information content (AvgIpc) is 3.06. The summed E-state index contributed by atoms with van der Waals surface area (Å²) in [5, 5.41) is 10.6. The van der Waals surface area contributed by atoms with E-state index in [0.29, 0.717) is 0 Å². The molecule has 0 atom stereocenters. The first-order chi connectivity index (χ1) is 10.6. The largest absolute Gasteiger partial charge is 0.389 e. The number of benzene rings is 1.